The molecule has 96 valence electrons. The molecule has 6 heteroatoms. The standard InChI is InChI=1S/C11H12Cl2F2O2/c12-7-1-2-9(13)8(5-7)10(16)3-4-17-6-11(14)15/h1-2,5,10-11,16H,3-4,6H2. The van der Waals surface area contributed by atoms with Crippen molar-refractivity contribution in [2.75, 3.05) is 13.2 Å². The number of halogens is 4. The lowest BCUT2D eigenvalue weighted by Gasteiger charge is -2.13. The van der Waals surface area contributed by atoms with Crippen molar-refractivity contribution in [2.24, 2.45) is 0 Å². The second kappa shape index (κ2) is 7.11. The molecule has 0 saturated heterocycles. The Morgan fingerprint density at radius 1 is 1.29 bits per heavy atom. The Bertz CT molecular complexity index is 361. The summed E-state index contributed by atoms with van der Waals surface area (Å²) in [7, 11) is 0. The molecule has 1 unspecified atom stereocenters. The first kappa shape index (κ1) is 14.6. The smallest absolute Gasteiger partial charge is 0.261 e. The maximum atomic E-state index is 11.8. The number of rotatable bonds is 6. The normalized spacial score (nSPS) is 13.1. The molecule has 0 aromatic heterocycles. The van der Waals surface area contributed by atoms with E-state index in [0.29, 0.717) is 15.6 Å². The summed E-state index contributed by atoms with van der Waals surface area (Å²) in [5.41, 5.74) is 0.472. The third kappa shape index (κ3) is 5.17. The fourth-order valence-corrected chi connectivity index (χ4v) is 1.72. The van der Waals surface area contributed by atoms with Crippen molar-refractivity contribution in [3.8, 4) is 0 Å². The van der Waals surface area contributed by atoms with Crippen LogP contribution in [0.2, 0.25) is 10.0 Å². The highest BCUT2D eigenvalue weighted by Gasteiger charge is 2.12. The summed E-state index contributed by atoms with van der Waals surface area (Å²) >= 11 is 11.6. The van der Waals surface area contributed by atoms with Crippen molar-refractivity contribution in [1.29, 1.82) is 0 Å². The largest absolute Gasteiger partial charge is 0.388 e. The van der Waals surface area contributed by atoms with Crippen molar-refractivity contribution in [1.82, 2.24) is 0 Å². The molecular weight excluding hydrogens is 273 g/mol. The van der Waals surface area contributed by atoms with Crippen LogP contribution in [0, 0.1) is 0 Å². The molecule has 0 amide bonds. The summed E-state index contributed by atoms with van der Waals surface area (Å²) in [5.74, 6) is 0. The molecule has 1 N–H and O–H groups in total. The van der Waals surface area contributed by atoms with Crippen LogP contribution in [-0.2, 0) is 4.74 Å². The third-order valence-corrected chi connectivity index (χ3v) is 2.68. The number of hydrogen-bond donors (Lipinski definition) is 1. The number of benzene rings is 1. The second-order valence-corrected chi connectivity index (χ2v) is 4.28. The van der Waals surface area contributed by atoms with E-state index >= 15 is 0 Å². The molecule has 0 heterocycles. The van der Waals surface area contributed by atoms with Gasteiger partial charge in [-0.1, -0.05) is 23.2 Å². The van der Waals surface area contributed by atoms with Crippen LogP contribution in [0.25, 0.3) is 0 Å². The summed E-state index contributed by atoms with van der Waals surface area (Å²) in [6, 6.07) is 4.72. The van der Waals surface area contributed by atoms with Crippen LogP contribution in [-0.4, -0.2) is 24.7 Å². The number of alkyl halides is 2. The van der Waals surface area contributed by atoms with Gasteiger partial charge in [-0.3, -0.25) is 0 Å². The molecule has 0 aliphatic rings. The summed E-state index contributed by atoms with van der Waals surface area (Å²) < 4.78 is 28.2. The van der Waals surface area contributed by atoms with Crippen molar-refractivity contribution in [3.05, 3.63) is 33.8 Å². The summed E-state index contributed by atoms with van der Waals surface area (Å²) in [6.45, 7) is -0.593. The second-order valence-electron chi connectivity index (χ2n) is 3.44. The van der Waals surface area contributed by atoms with Crippen molar-refractivity contribution < 1.29 is 18.6 Å². The van der Waals surface area contributed by atoms with Gasteiger partial charge in [0.15, 0.2) is 0 Å². The van der Waals surface area contributed by atoms with Crippen molar-refractivity contribution in [2.45, 2.75) is 19.0 Å². The predicted molar refractivity (Wildman–Crippen MR) is 62.9 cm³/mol. The average Bonchev–Trinajstić information content (AvgIpc) is 2.27. The van der Waals surface area contributed by atoms with Gasteiger partial charge in [0, 0.05) is 28.6 Å². The van der Waals surface area contributed by atoms with Crippen LogP contribution < -0.4 is 0 Å². The molecule has 0 fully saturated rings. The minimum atomic E-state index is -2.50. The van der Waals surface area contributed by atoms with Gasteiger partial charge in [-0.25, -0.2) is 8.78 Å². The van der Waals surface area contributed by atoms with E-state index in [2.05, 4.69) is 4.74 Å². The lowest BCUT2D eigenvalue weighted by Crippen LogP contribution is -2.08. The Morgan fingerprint density at radius 2 is 2.00 bits per heavy atom. The Kier molecular flexibility index (Phi) is 6.12. The van der Waals surface area contributed by atoms with Gasteiger partial charge in [-0.15, -0.1) is 0 Å². The quantitative estimate of drug-likeness (QED) is 0.807. The monoisotopic (exact) mass is 284 g/mol. The van der Waals surface area contributed by atoms with Gasteiger partial charge in [0.1, 0.15) is 6.61 Å². The van der Waals surface area contributed by atoms with Gasteiger partial charge in [0.25, 0.3) is 6.43 Å². The Hall–Kier alpha value is -0.420. The molecule has 1 rings (SSSR count). The molecule has 0 radical (unpaired) electrons. The molecule has 0 saturated carbocycles. The molecular formula is C11H12Cl2F2O2. The van der Waals surface area contributed by atoms with Crippen LogP contribution in [0.1, 0.15) is 18.1 Å². The topological polar surface area (TPSA) is 29.5 Å². The SMILES string of the molecule is OC(CCOCC(F)F)c1cc(Cl)ccc1Cl. The maximum Gasteiger partial charge on any atom is 0.261 e. The molecule has 1 aromatic rings. The molecule has 0 bridgehead atoms. The Balaban J connectivity index is 2.46. The number of ether oxygens (including phenoxy) is 1. The molecule has 2 nitrogen and oxygen atoms in total. The van der Waals surface area contributed by atoms with Crippen LogP contribution in [0.15, 0.2) is 18.2 Å². The van der Waals surface area contributed by atoms with Crippen LogP contribution in [0.5, 0.6) is 0 Å². The van der Waals surface area contributed by atoms with E-state index in [1.165, 1.54) is 0 Å². The highest BCUT2D eigenvalue weighted by molar-refractivity contribution is 6.33. The van der Waals surface area contributed by atoms with Gasteiger partial charge in [-0.2, -0.15) is 0 Å². The zero-order chi connectivity index (χ0) is 12.8. The van der Waals surface area contributed by atoms with Gasteiger partial charge in [0.05, 0.1) is 6.10 Å². The van der Waals surface area contributed by atoms with Crippen molar-refractivity contribution in [3.63, 3.8) is 0 Å². The highest BCUT2D eigenvalue weighted by Crippen LogP contribution is 2.28. The zero-order valence-corrected chi connectivity index (χ0v) is 10.4. The Morgan fingerprint density at radius 3 is 2.65 bits per heavy atom. The van der Waals surface area contributed by atoms with Crippen LogP contribution >= 0.6 is 23.2 Å². The lowest BCUT2D eigenvalue weighted by atomic mass is 10.1. The van der Waals surface area contributed by atoms with E-state index in [0.717, 1.165) is 0 Å². The highest BCUT2D eigenvalue weighted by atomic mass is 35.5. The first-order valence-electron chi connectivity index (χ1n) is 4.99. The number of aliphatic hydroxyl groups is 1. The molecule has 1 atom stereocenters. The van der Waals surface area contributed by atoms with E-state index in [1.54, 1.807) is 18.2 Å². The minimum Gasteiger partial charge on any atom is -0.388 e. The van der Waals surface area contributed by atoms with E-state index in [4.69, 9.17) is 23.2 Å². The fourth-order valence-electron chi connectivity index (χ4n) is 1.29. The minimum absolute atomic E-state index is 0.0361. The zero-order valence-electron chi connectivity index (χ0n) is 8.88. The van der Waals surface area contributed by atoms with E-state index in [1.807, 2.05) is 0 Å². The third-order valence-electron chi connectivity index (χ3n) is 2.10. The maximum absolute atomic E-state index is 11.8. The first-order chi connectivity index (χ1) is 8.00. The van der Waals surface area contributed by atoms with E-state index in [9.17, 15) is 13.9 Å². The van der Waals surface area contributed by atoms with Crippen molar-refractivity contribution >= 4 is 23.2 Å². The van der Waals surface area contributed by atoms with Gasteiger partial charge >= 0.3 is 0 Å². The van der Waals surface area contributed by atoms with Crippen LogP contribution in [0.4, 0.5) is 8.78 Å². The predicted octanol–water partition coefficient (Wildman–Crippen LogP) is 3.70. The van der Waals surface area contributed by atoms with Gasteiger partial charge < -0.3 is 9.84 Å². The van der Waals surface area contributed by atoms with Gasteiger partial charge in [0.2, 0.25) is 0 Å². The number of aliphatic hydroxyl groups excluding tert-OH is 1. The summed E-state index contributed by atoms with van der Waals surface area (Å²) in [4.78, 5) is 0. The molecule has 1 aromatic carbocycles. The molecule has 0 aliphatic heterocycles. The Labute approximate surface area is 108 Å². The average molecular weight is 285 g/mol. The fraction of sp³-hybridized carbons (Fsp3) is 0.455. The first-order valence-corrected chi connectivity index (χ1v) is 5.75. The van der Waals surface area contributed by atoms with E-state index < -0.39 is 19.1 Å². The molecule has 0 aliphatic carbocycles. The van der Waals surface area contributed by atoms with Crippen LogP contribution in [0.3, 0.4) is 0 Å². The number of hydrogen-bond acceptors (Lipinski definition) is 2. The summed E-state index contributed by atoms with van der Waals surface area (Å²) in [6.07, 6.45) is -3.19. The lowest BCUT2D eigenvalue weighted by molar-refractivity contribution is 0.00482. The summed E-state index contributed by atoms with van der Waals surface area (Å²) in [5, 5.41) is 10.6. The molecule has 0 spiro atoms. The molecule has 17 heavy (non-hydrogen) atoms. The van der Waals surface area contributed by atoms with E-state index in [-0.39, 0.29) is 13.0 Å². The van der Waals surface area contributed by atoms with Gasteiger partial charge in [-0.05, 0) is 18.2 Å².